The zero-order valence-electron chi connectivity index (χ0n) is 11.2. The Morgan fingerprint density at radius 2 is 1.62 bits per heavy atom. The summed E-state index contributed by atoms with van der Waals surface area (Å²) >= 11 is 0. The second-order valence-electron chi connectivity index (χ2n) is 4.28. The highest BCUT2D eigenvalue weighted by molar-refractivity contribution is 5.83. The lowest BCUT2D eigenvalue weighted by atomic mass is 10.1. The van der Waals surface area contributed by atoms with Crippen molar-refractivity contribution in [1.82, 2.24) is 0 Å². The predicted molar refractivity (Wildman–Crippen MR) is 64.7 cm³/mol. The zero-order chi connectivity index (χ0) is 12.8. The van der Waals surface area contributed by atoms with Crippen molar-refractivity contribution in [2.45, 2.75) is 47.1 Å². The molecule has 0 fully saturated rings. The maximum Gasteiger partial charge on any atom is 0.108 e. The molecule has 0 spiro atoms. The van der Waals surface area contributed by atoms with Crippen LogP contribution in [0.1, 0.15) is 41.0 Å². The SMILES string of the molecule is CCC(/C=C(\C)C(=O)[O-])[N+](CC)(CC)CC. The van der Waals surface area contributed by atoms with E-state index in [0.717, 1.165) is 30.5 Å². The lowest BCUT2D eigenvalue weighted by Gasteiger charge is -2.42. The molecule has 0 rings (SSSR count). The summed E-state index contributed by atoms with van der Waals surface area (Å²) in [5, 5.41) is 10.8. The van der Waals surface area contributed by atoms with Crippen molar-refractivity contribution < 1.29 is 14.4 Å². The van der Waals surface area contributed by atoms with E-state index in [1.807, 2.05) is 6.08 Å². The molecular formula is C13H25NO2. The van der Waals surface area contributed by atoms with Crippen molar-refractivity contribution >= 4 is 5.97 Å². The van der Waals surface area contributed by atoms with Gasteiger partial charge in [0.25, 0.3) is 0 Å². The number of carbonyl (C=O) groups excluding carboxylic acids is 1. The summed E-state index contributed by atoms with van der Waals surface area (Å²) in [4.78, 5) is 10.8. The molecule has 0 aromatic heterocycles. The highest BCUT2D eigenvalue weighted by atomic mass is 16.4. The monoisotopic (exact) mass is 227 g/mol. The van der Waals surface area contributed by atoms with Gasteiger partial charge >= 0.3 is 0 Å². The Labute approximate surface area is 99.4 Å². The fourth-order valence-corrected chi connectivity index (χ4v) is 2.39. The fraction of sp³-hybridized carbons (Fsp3) is 0.769. The van der Waals surface area contributed by atoms with E-state index < -0.39 is 5.97 Å². The normalized spacial score (nSPS) is 14.9. The first-order chi connectivity index (χ1) is 7.47. The number of carboxylic acid groups (broad SMARTS) is 1. The van der Waals surface area contributed by atoms with Crippen molar-refractivity contribution in [3.8, 4) is 0 Å². The van der Waals surface area contributed by atoms with Gasteiger partial charge in [-0.2, -0.15) is 0 Å². The topological polar surface area (TPSA) is 40.1 Å². The average Bonchev–Trinajstić information content (AvgIpc) is 2.29. The van der Waals surface area contributed by atoms with Gasteiger partial charge in [0, 0.05) is 6.42 Å². The Balaban J connectivity index is 5.10. The van der Waals surface area contributed by atoms with E-state index in [4.69, 9.17) is 0 Å². The van der Waals surface area contributed by atoms with Gasteiger partial charge < -0.3 is 14.4 Å². The minimum atomic E-state index is -1.06. The second-order valence-corrected chi connectivity index (χ2v) is 4.28. The fourth-order valence-electron chi connectivity index (χ4n) is 2.39. The summed E-state index contributed by atoms with van der Waals surface area (Å²) in [6, 6.07) is 0.276. The van der Waals surface area contributed by atoms with Gasteiger partial charge in [-0.25, -0.2) is 0 Å². The van der Waals surface area contributed by atoms with Gasteiger partial charge in [0.15, 0.2) is 0 Å². The van der Waals surface area contributed by atoms with E-state index in [-0.39, 0.29) is 6.04 Å². The molecule has 0 bridgehead atoms. The lowest BCUT2D eigenvalue weighted by molar-refractivity contribution is -0.940. The van der Waals surface area contributed by atoms with Crippen LogP contribution in [-0.2, 0) is 4.79 Å². The first-order valence-electron chi connectivity index (χ1n) is 6.22. The van der Waals surface area contributed by atoms with Crippen molar-refractivity contribution in [2.75, 3.05) is 19.6 Å². The first kappa shape index (κ1) is 15.2. The standard InChI is InChI=1S/C13H25NO2/c1-6-12(10-11(5)13(15)16)14(7-2,8-3)9-4/h10,12H,6-9H2,1-5H3/b11-10+. The smallest absolute Gasteiger partial charge is 0.108 e. The second kappa shape index (κ2) is 6.69. The highest BCUT2D eigenvalue weighted by Gasteiger charge is 2.29. The molecule has 1 unspecified atom stereocenters. The summed E-state index contributed by atoms with van der Waals surface area (Å²) in [5.74, 6) is -1.06. The number of hydrogen-bond donors (Lipinski definition) is 0. The number of quaternary nitrogens is 1. The molecule has 1 atom stereocenters. The van der Waals surface area contributed by atoms with Crippen LogP contribution < -0.4 is 5.11 Å². The van der Waals surface area contributed by atoms with E-state index in [9.17, 15) is 9.90 Å². The van der Waals surface area contributed by atoms with E-state index in [1.54, 1.807) is 6.92 Å². The average molecular weight is 227 g/mol. The third kappa shape index (κ3) is 3.34. The van der Waals surface area contributed by atoms with Gasteiger partial charge in [0.05, 0.1) is 25.6 Å². The van der Waals surface area contributed by atoms with Crippen LogP contribution in [0.3, 0.4) is 0 Å². The molecule has 0 aromatic rings. The molecular weight excluding hydrogens is 202 g/mol. The molecule has 16 heavy (non-hydrogen) atoms. The van der Waals surface area contributed by atoms with Crippen LogP contribution in [0.25, 0.3) is 0 Å². The van der Waals surface area contributed by atoms with Crippen molar-refractivity contribution in [3.63, 3.8) is 0 Å². The minimum Gasteiger partial charge on any atom is -0.545 e. The summed E-state index contributed by atoms with van der Waals surface area (Å²) in [6.45, 7) is 13.3. The van der Waals surface area contributed by atoms with Gasteiger partial charge in [0.2, 0.25) is 0 Å². The van der Waals surface area contributed by atoms with E-state index in [2.05, 4.69) is 27.7 Å². The highest BCUT2D eigenvalue weighted by Crippen LogP contribution is 2.18. The molecule has 3 heteroatoms. The maximum absolute atomic E-state index is 10.8. The van der Waals surface area contributed by atoms with Crippen LogP contribution in [0, 0.1) is 0 Å². The molecule has 0 aliphatic carbocycles. The van der Waals surface area contributed by atoms with Gasteiger partial charge in [-0.15, -0.1) is 0 Å². The Morgan fingerprint density at radius 1 is 1.19 bits per heavy atom. The molecule has 0 saturated heterocycles. The molecule has 0 amide bonds. The largest absolute Gasteiger partial charge is 0.545 e. The molecule has 0 saturated carbocycles. The van der Waals surface area contributed by atoms with Crippen molar-refractivity contribution in [3.05, 3.63) is 11.6 Å². The third-order valence-corrected chi connectivity index (χ3v) is 3.78. The van der Waals surface area contributed by atoms with Gasteiger partial charge in [-0.05, 0) is 39.3 Å². The Bertz CT molecular complexity index is 246. The molecule has 0 radical (unpaired) electrons. The predicted octanol–water partition coefficient (Wildman–Crippen LogP) is 1.34. The number of rotatable bonds is 7. The van der Waals surface area contributed by atoms with E-state index >= 15 is 0 Å². The first-order valence-corrected chi connectivity index (χ1v) is 6.22. The molecule has 94 valence electrons. The summed E-state index contributed by atoms with van der Waals surface area (Å²) in [7, 11) is 0. The lowest BCUT2D eigenvalue weighted by Crippen LogP contribution is -2.54. The van der Waals surface area contributed by atoms with Gasteiger partial charge in [-0.3, -0.25) is 0 Å². The molecule has 0 aliphatic heterocycles. The molecule has 0 aromatic carbocycles. The number of likely N-dealkylation sites (N-methyl/N-ethyl adjacent to an activating group) is 1. The minimum absolute atomic E-state index is 0.276. The summed E-state index contributed by atoms with van der Waals surface area (Å²) in [5.41, 5.74) is 0.352. The number of nitrogens with zero attached hydrogens (tertiary/aromatic N) is 1. The third-order valence-electron chi connectivity index (χ3n) is 3.78. The Morgan fingerprint density at radius 3 is 1.88 bits per heavy atom. The maximum atomic E-state index is 10.8. The number of hydrogen-bond acceptors (Lipinski definition) is 2. The van der Waals surface area contributed by atoms with Crippen LogP contribution in [0.5, 0.6) is 0 Å². The zero-order valence-corrected chi connectivity index (χ0v) is 11.2. The van der Waals surface area contributed by atoms with E-state index in [0.29, 0.717) is 5.57 Å². The Kier molecular flexibility index (Phi) is 6.34. The van der Waals surface area contributed by atoms with Crippen LogP contribution in [0.2, 0.25) is 0 Å². The summed E-state index contributed by atoms with van der Waals surface area (Å²) in [6.07, 6.45) is 2.83. The number of carbonyl (C=O) groups is 1. The van der Waals surface area contributed by atoms with Gasteiger partial charge in [-0.1, -0.05) is 6.92 Å². The quantitative estimate of drug-likeness (QED) is 0.486. The van der Waals surface area contributed by atoms with Gasteiger partial charge in [0.1, 0.15) is 6.04 Å². The summed E-state index contributed by atoms with van der Waals surface area (Å²) < 4.78 is 0.946. The van der Waals surface area contributed by atoms with Crippen LogP contribution in [-0.4, -0.2) is 36.1 Å². The van der Waals surface area contributed by atoms with Crippen molar-refractivity contribution in [1.29, 1.82) is 0 Å². The molecule has 0 N–H and O–H groups in total. The van der Waals surface area contributed by atoms with Crippen LogP contribution >= 0.6 is 0 Å². The van der Waals surface area contributed by atoms with E-state index in [1.165, 1.54) is 0 Å². The van der Waals surface area contributed by atoms with Crippen LogP contribution in [0.4, 0.5) is 0 Å². The number of carboxylic acids is 1. The van der Waals surface area contributed by atoms with Crippen molar-refractivity contribution in [2.24, 2.45) is 0 Å². The molecule has 0 aliphatic rings. The molecule has 3 nitrogen and oxygen atoms in total. The molecule has 0 heterocycles. The Hall–Kier alpha value is -0.830. The number of aliphatic carboxylic acids is 1. The van der Waals surface area contributed by atoms with Crippen LogP contribution in [0.15, 0.2) is 11.6 Å².